The van der Waals surface area contributed by atoms with Gasteiger partial charge in [0.2, 0.25) is 0 Å². The topological polar surface area (TPSA) is 76.4 Å². The van der Waals surface area contributed by atoms with Gasteiger partial charge >= 0.3 is 0 Å². The number of ether oxygens (including phenoxy) is 1. The van der Waals surface area contributed by atoms with E-state index in [1.807, 2.05) is 18.2 Å². The summed E-state index contributed by atoms with van der Waals surface area (Å²) in [5, 5.41) is 5.76. The number of carbonyl (C=O) groups excluding carboxylic acids is 1. The van der Waals surface area contributed by atoms with Gasteiger partial charge in [-0.3, -0.25) is 4.79 Å². The number of nitrogens with two attached hydrogens (primary N) is 1. The van der Waals surface area contributed by atoms with Crippen molar-refractivity contribution in [2.45, 2.75) is 6.54 Å². The second-order valence-electron chi connectivity index (χ2n) is 3.30. The van der Waals surface area contributed by atoms with Crippen LogP contribution < -0.4 is 21.1 Å². The van der Waals surface area contributed by atoms with E-state index in [2.05, 4.69) is 10.6 Å². The molecule has 15 heavy (non-hydrogen) atoms. The van der Waals surface area contributed by atoms with Gasteiger partial charge in [-0.25, -0.2) is 0 Å². The number of carbonyl (C=O) groups is 1. The Kier molecular flexibility index (Phi) is 2.84. The Hall–Kier alpha value is -1.59. The van der Waals surface area contributed by atoms with Gasteiger partial charge in [0.25, 0.3) is 5.91 Å². The number of benzene rings is 1. The summed E-state index contributed by atoms with van der Waals surface area (Å²) >= 11 is 0. The molecule has 80 valence electrons. The van der Waals surface area contributed by atoms with Crippen LogP contribution in [0.15, 0.2) is 18.2 Å². The monoisotopic (exact) mass is 207 g/mol. The first-order valence-corrected chi connectivity index (χ1v) is 4.76. The van der Waals surface area contributed by atoms with Crippen LogP contribution in [0.4, 0.5) is 5.69 Å². The van der Waals surface area contributed by atoms with E-state index in [-0.39, 0.29) is 12.5 Å². The van der Waals surface area contributed by atoms with Gasteiger partial charge in [0.1, 0.15) is 5.75 Å². The molecule has 0 bridgehead atoms. The van der Waals surface area contributed by atoms with Crippen molar-refractivity contribution in [3.63, 3.8) is 0 Å². The molecule has 0 atom stereocenters. The van der Waals surface area contributed by atoms with Crippen LogP contribution in [-0.4, -0.2) is 19.2 Å². The third kappa shape index (κ3) is 2.26. The minimum Gasteiger partial charge on any atom is -0.482 e. The van der Waals surface area contributed by atoms with E-state index < -0.39 is 0 Å². The highest BCUT2D eigenvalue weighted by atomic mass is 16.5. The van der Waals surface area contributed by atoms with Gasteiger partial charge in [0, 0.05) is 13.2 Å². The minimum absolute atomic E-state index is 0.0907. The summed E-state index contributed by atoms with van der Waals surface area (Å²) in [6, 6.07) is 5.68. The molecule has 0 aliphatic carbocycles. The molecule has 1 aliphatic heterocycles. The van der Waals surface area contributed by atoms with Crippen LogP contribution in [0, 0.1) is 0 Å². The van der Waals surface area contributed by atoms with Crippen molar-refractivity contribution in [2.75, 3.05) is 18.6 Å². The van der Waals surface area contributed by atoms with Gasteiger partial charge in [-0.15, -0.1) is 0 Å². The zero-order valence-corrected chi connectivity index (χ0v) is 8.25. The van der Waals surface area contributed by atoms with Gasteiger partial charge in [0.05, 0.1) is 5.69 Å². The summed E-state index contributed by atoms with van der Waals surface area (Å²) in [5.74, 6) is 0.595. The highest BCUT2D eigenvalue weighted by molar-refractivity contribution is 5.95. The van der Waals surface area contributed by atoms with Crippen LogP contribution in [-0.2, 0) is 11.3 Å². The molecule has 0 fully saturated rings. The molecule has 1 amide bonds. The molecule has 0 unspecified atom stereocenters. The summed E-state index contributed by atoms with van der Waals surface area (Å²) in [4.78, 5) is 11.1. The summed E-state index contributed by atoms with van der Waals surface area (Å²) in [5.41, 5.74) is 7.12. The third-order valence-corrected chi connectivity index (χ3v) is 2.15. The first-order valence-electron chi connectivity index (χ1n) is 4.76. The number of hydrogen-bond donors (Lipinski definition) is 3. The van der Waals surface area contributed by atoms with Gasteiger partial charge in [-0.2, -0.15) is 0 Å². The molecule has 1 aliphatic rings. The third-order valence-electron chi connectivity index (χ3n) is 2.15. The predicted molar refractivity (Wildman–Crippen MR) is 56.5 cm³/mol. The number of fused-ring (bicyclic) bond motifs is 1. The Balaban J connectivity index is 2.17. The molecule has 0 aromatic heterocycles. The maximum Gasteiger partial charge on any atom is 0.262 e. The van der Waals surface area contributed by atoms with Crippen LogP contribution in [0.5, 0.6) is 5.75 Å². The largest absolute Gasteiger partial charge is 0.482 e. The van der Waals surface area contributed by atoms with E-state index in [4.69, 9.17) is 10.5 Å². The summed E-state index contributed by atoms with van der Waals surface area (Å²) in [6.07, 6.45) is 0. The van der Waals surface area contributed by atoms with Gasteiger partial charge in [-0.05, 0) is 17.7 Å². The number of rotatable bonds is 3. The second-order valence-corrected chi connectivity index (χ2v) is 3.30. The Morgan fingerprint density at radius 2 is 2.40 bits per heavy atom. The van der Waals surface area contributed by atoms with E-state index in [1.54, 1.807) is 0 Å². The maximum atomic E-state index is 11.1. The number of nitrogens with one attached hydrogen (secondary N) is 2. The fourth-order valence-corrected chi connectivity index (χ4v) is 1.46. The lowest BCUT2D eigenvalue weighted by molar-refractivity contribution is -0.118. The molecular weight excluding hydrogens is 194 g/mol. The molecule has 0 saturated heterocycles. The first kappa shape index (κ1) is 9.95. The average Bonchev–Trinajstić information content (AvgIpc) is 2.25. The predicted octanol–water partition coefficient (Wildman–Crippen LogP) is 0.0233. The maximum absolute atomic E-state index is 11.1. The van der Waals surface area contributed by atoms with Crippen molar-refractivity contribution in [3.05, 3.63) is 23.8 Å². The van der Waals surface area contributed by atoms with Crippen molar-refractivity contribution in [2.24, 2.45) is 5.73 Å². The molecule has 2 rings (SSSR count). The molecule has 4 N–H and O–H groups in total. The fourth-order valence-electron chi connectivity index (χ4n) is 1.46. The number of hydrogen-bond acceptors (Lipinski definition) is 4. The molecule has 5 heteroatoms. The standard InChI is InChI=1S/C10H13N3O2/c11-6-12-4-7-1-2-9-8(3-7)13-10(14)5-15-9/h1-3,12H,4-6,11H2,(H,13,14). The molecule has 0 radical (unpaired) electrons. The van der Waals surface area contributed by atoms with Crippen molar-refractivity contribution in [1.29, 1.82) is 0 Å². The molecule has 1 aromatic rings. The smallest absolute Gasteiger partial charge is 0.262 e. The van der Waals surface area contributed by atoms with Crippen LogP contribution in [0.3, 0.4) is 0 Å². The Bertz CT molecular complexity index is 379. The zero-order chi connectivity index (χ0) is 10.7. The summed E-state index contributed by atoms with van der Waals surface area (Å²) in [6.45, 7) is 1.20. The van der Waals surface area contributed by atoms with E-state index in [0.717, 1.165) is 11.3 Å². The zero-order valence-electron chi connectivity index (χ0n) is 8.25. The molecular formula is C10H13N3O2. The van der Waals surface area contributed by atoms with Crippen LogP contribution >= 0.6 is 0 Å². The molecule has 0 saturated carbocycles. The minimum atomic E-state index is -0.119. The van der Waals surface area contributed by atoms with E-state index >= 15 is 0 Å². The molecule has 5 nitrogen and oxygen atoms in total. The normalized spacial score (nSPS) is 14.1. The Morgan fingerprint density at radius 3 is 3.20 bits per heavy atom. The first-order chi connectivity index (χ1) is 7.29. The lowest BCUT2D eigenvalue weighted by Crippen LogP contribution is -2.26. The van der Waals surface area contributed by atoms with E-state index in [0.29, 0.717) is 19.0 Å². The van der Waals surface area contributed by atoms with Gasteiger partial charge in [-0.1, -0.05) is 6.07 Å². The van der Waals surface area contributed by atoms with Crippen LogP contribution in [0.25, 0.3) is 0 Å². The molecule has 1 aromatic carbocycles. The van der Waals surface area contributed by atoms with Crippen molar-refractivity contribution >= 4 is 11.6 Å². The summed E-state index contributed by atoms with van der Waals surface area (Å²) < 4.78 is 5.24. The Morgan fingerprint density at radius 1 is 1.53 bits per heavy atom. The Labute approximate surface area is 87.6 Å². The molecule has 1 heterocycles. The average molecular weight is 207 g/mol. The number of anilines is 1. The van der Waals surface area contributed by atoms with Crippen molar-refractivity contribution in [1.82, 2.24) is 5.32 Å². The lowest BCUT2D eigenvalue weighted by Gasteiger charge is -2.18. The molecule has 0 spiro atoms. The van der Waals surface area contributed by atoms with Crippen LogP contribution in [0.2, 0.25) is 0 Å². The van der Waals surface area contributed by atoms with Crippen molar-refractivity contribution in [3.8, 4) is 5.75 Å². The lowest BCUT2D eigenvalue weighted by atomic mass is 10.1. The SMILES string of the molecule is NCNCc1ccc2c(c1)NC(=O)CO2. The van der Waals surface area contributed by atoms with E-state index in [1.165, 1.54) is 0 Å². The van der Waals surface area contributed by atoms with Gasteiger partial charge in [0.15, 0.2) is 6.61 Å². The quantitative estimate of drug-likeness (QED) is 0.611. The fraction of sp³-hybridized carbons (Fsp3) is 0.300. The highest BCUT2D eigenvalue weighted by Crippen LogP contribution is 2.28. The summed E-state index contributed by atoms with van der Waals surface area (Å²) in [7, 11) is 0. The number of amides is 1. The highest BCUT2D eigenvalue weighted by Gasteiger charge is 2.15. The van der Waals surface area contributed by atoms with Crippen LogP contribution in [0.1, 0.15) is 5.56 Å². The van der Waals surface area contributed by atoms with Gasteiger partial charge < -0.3 is 21.1 Å². The van der Waals surface area contributed by atoms with E-state index in [9.17, 15) is 4.79 Å². The second kappa shape index (κ2) is 4.29. The van der Waals surface area contributed by atoms with Crippen molar-refractivity contribution < 1.29 is 9.53 Å².